The van der Waals surface area contributed by atoms with Crippen molar-refractivity contribution in [3.63, 3.8) is 0 Å². The maximum absolute atomic E-state index is 12.7. The van der Waals surface area contributed by atoms with Crippen molar-refractivity contribution in [2.24, 2.45) is 4.99 Å². The third-order valence-electron chi connectivity index (χ3n) is 5.48. The molecule has 0 spiro atoms. The first kappa shape index (κ1) is 17.3. The minimum absolute atomic E-state index is 0.0798. The Balaban J connectivity index is 1.65. The number of benzene rings is 2. The van der Waals surface area contributed by atoms with E-state index < -0.39 is 0 Å². The third-order valence-corrected chi connectivity index (χ3v) is 6.42. The standard InChI is InChI=1S/C22H18N2O3S/c1-27-21(26)15-8-6-14(7-9-15)20-17-11-10-13-4-2-3-5-16(13)19(17)23-22-24(20)18(25)12-28-22/h2-9,20H,10-12H2,1H3/t20-/m0/s1. The van der Waals surface area contributed by atoms with Crippen molar-refractivity contribution in [1.29, 1.82) is 0 Å². The van der Waals surface area contributed by atoms with Crippen molar-refractivity contribution in [3.05, 3.63) is 76.4 Å². The van der Waals surface area contributed by atoms with Gasteiger partial charge in [-0.1, -0.05) is 48.2 Å². The molecule has 0 unspecified atom stereocenters. The van der Waals surface area contributed by atoms with Gasteiger partial charge in [0.05, 0.1) is 30.2 Å². The lowest BCUT2D eigenvalue weighted by atomic mass is 9.82. The summed E-state index contributed by atoms with van der Waals surface area (Å²) in [6.45, 7) is 0. The Morgan fingerprint density at radius 1 is 1.14 bits per heavy atom. The van der Waals surface area contributed by atoms with Gasteiger partial charge in [-0.25, -0.2) is 9.79 Å². The number of hydrogen-bond acceptors (Lipinski definition) is 5. The van der Waals surface area contributed by atoms with Gasteiger partial charge >= 0.3 is 5.97 Å². The van der Waals surface area contributed by atoms with Crippen LogP contribution in [0.25, 0.3) is 5.70 Å². The Labute approximate surface area is 167 Å². The van der Waals surface area contributed by atoms with Gasteiger partial charge in [0.2, 0.25) is 5.91 Å². The average molecular weight is 390 g/mol. The lowest BCUT2D eigenvalue weighted by Gasteiger charge is -2.37. The van der Waals surface area contributed by atoms with Crippen LogP contribution in [0.2, 0.25) is 0 Å². The van der Waals surface area contributed by atoms with Crippen molar-refractivity contribution < 1.29 is 14.3 Å². The first-order chi connectivity index (χ1) is 13.7. The third kappa shape index (κ3) is 2.59. The molecule has 5 rings (SSSR count). The Hall–Kier alpha value is -2.86. The van der Waals surface area contributed by atoms with Crippen LogP contribution in [0.4, 0.5) is 0 Å². The van der Waals surface area contributed by atoms with Crippen molar-refractivity contribution in [2.75, 3.05) is 12.9 Å². The fraction of sp³-hybridized carbons (Fsp3) is 0.227. The number of amidine groups is 1. The lowest BCUT2D eigenvalue weighted by Crippen LogP contribution is -2.38. The van der Waals surface area contributed by atoms with Crippen LogP contribution in [-0.4, -0.2) is 34.8 Å². The van der Waals surface area contributed by atoms with Crippen LogP contribution < -0.4 is 0 Å². The molecule has 28 heavy (non-hydrogen) atoms. The molecule has 2 aromatic rings. The Morgan fingerprint density at radius 3 is 2.71 bits per heavy atom. The summed E-state index contributed by atoms with van der Waals surface area (Å²) < 4.78 is 4.80. The molecule has 2 aromatic carbocycles. The number of rotatable bonds is 2. The zero-order valence-corrected chi connectivity index (χ0v) is 16.2. The number of amides is 1. The van der Waals surface area contributed by atoms with E-state index in [1.165, 1.54) is 30.0 Å². The molecule has 0 saturated carbocycles. The highest BCUT2D eigenvalue weighted by molar-refractivity contribution is 8.15. The zero-order chi connectivity index (χ0) is 19.3. The summed E-state index contributed by atoms with van der Waals surface area (Å²) in [6.07, 6.45) is 1.80. The molecule has 1 atom stereocenters. The SMILES string of the molecule is COC(=O)c1ccc([C@H]2C3=C(N=C4SCC(=O)N42)c2ccccc2CC3)cc1. The molecular weight excluding hydrogens is 372 g/mol. The smallest absolute Gasteiger partial charge is 0.337 e. The maximum atomic E-state index is 12.7. The van der Waals surface area contributed by atoms with E-state index in [2.05, 4.69) is 18.2 Å². The highest BCUT2D eigenvalue weighted by Crippen LogP contribution is 2.47. The van der Waals surface area contributed by atoms with E-state index >= 15 is 0 Å². The van der Waals surface area contributed by atoms with Gasteiger partial charge in [-0.2, -0.15) is 0 Å². The van der Waals surface area contributed by atoms with Crippen LogP contribution in [0, 0.1) is 0 Å². The van der Waals surface area contributed by atoms with Gasteiger partial charge in [0.25, 0.3) is 0 Å². The molecule has 0 bridgehead atoms. The van der Waals surface area contributed by atoms with Gasteiger partial charge in [-0.15, -0.1) is 0 Å². The fourth-order valence-corrected chi connectivity index (χ4v) is 5.06. The minimum atomic E-state index is -0.364. The van der Waals surface area contributed by atoms with Crippen molar-refractivity contribution in [1.82, 2.24) is 4.90 Å². The number of aryl methyl sites for hydroxylation is 1. The van der Waals surface area contributed by atoms with Gasteiger partial charge in [0, 0.05) is 5.56 Å². The summed E-state index contributed by atoms with van der Waals surface area (Å²) in [5.41, 5.74) is 6.12. The van der Waals surface area contributed by atoms with Gasteiger partial charge in [-0.3, -0.25) is 9.69 Å². The fourth-order valence-electron chi connectivity index (χ4n) is 4.16. The van der Waals surface area contributed by atoms with Crippen molar-refractivity contribution in [2.45, 2.75) is 18.9 Å². The number of ether oxygens (including phenoxy) is 1. The Kier molecular flexibility index (Phi) is 4.09. The molecule has 3 aliphatic rings. The second-order valence-corrected chi connectivity index (χ2v) is 7.94. The minimum Gasteiger partial charge on any atom is -0.465 e. The normalized spacial score (nSPS) is 20.3. The molecule has 140 valence electrons. The monoisotopic (exact) mass is 390 g/mol. The molecule has 0 aromatic heterocycles. The van der Waals surface area contributed by atoms with Crippen LogP contribution in [0.15, 0.2) is 59.1 Å². The molecule has 5 nitrogen and oxygen atoms in total. The number of carbonyl (C=O) groups excluding carboxylic acids is 2. The summed E-state index contributed by atoms with van der Waals surface area (Å²) in [7, 11) is 1.37. The molecule has 2 aliphatic heterocycles. The Bertz CT molecular complexity index is 1060. The van der Waals surface area contributed by atoms with E-state index in [0.717, 1.165) is 34.8 Å². The summed E-state index contributed by atoms with van der Waals surface area (Å²) in [6, 6.07) is 15.5. The second kappa shape index (κ2) is 6.63. The van der Waals surface area contributed by atoms with Gasteiger partial charge in [-0.05, 0) is 41.7 Å². The number of carbonyl (C=O) groups is 2. The van der Waals surface area contributed by atoms with E-state index in [-0.39, 0.29) is 17.9 Å². The molecule has 1 saturated heterocycles. The lowest BCUT2D eigenvalue weighted by molar-refractivity contribution is -0.125. The van der Waals surface area contributed by atoms with Crippen molar-refractivity contribution in [3.8, 4) is 0 Å². The summed E-state index contributed by atoms with van der Waals surface area (Å²) in [4.78, 5) is 31.2. The number of hydrogen-bond donors (Lipinski definition) is 0. The Morgan fingerprint density at radius 2 is 1.93 bits per heavy atom. The van der Waals surface area contributed by atoms with Crippen LogP contribution in [-0.2, 0) is 16.0 Å². The highest BCUT2D eigenvalue weighted by atomic mass is 32.2. The molecule has 2 heterocycles. The zero-order valence-electron chi connectivity index (χ0n) is 15.3. The largest absolute Gasteiger partial charge is 0.465 e. The second-order valence-electron chi connectivity index (χ2n) is 6.99. The first-order valence-corrected chi connectivity index (χ1v) is 10.2. The number of thioether (sulfide) groups is 1. The number of aliphatic imine (C=N–C) groups is 1. The maximum Gasteiger partial charge on any atom is 0.337 e. The quantitative estimate of drug-likeness (QED) is 0.732. The van der Waals surface area contributed by atoms with E-state index in [4.69, 9.17) is 9.73 Å². The average Bonchev–Trinajstić information content (AvgIpc) is 3.12. The predicted molar refractivity (Wildman–Crippen MR) is 109 cm³/mol. The molecule has 0 N–H and O–H groups in total. The summed E-state index contributed by atoms with van der Waals surface area (Å²) in [5.74, 6) is 0.130. The molecule has 6 heteroatoms. The van der Waals surface area contributed by atoms with Gasteiger partial charge in [0.15, 0.2) is 5.17 Å². The van der Waals surface area contributed by atoms with Crippen LogP contribution in [0.1, 0.15) is 39.5 Å². The predicted octanol–water partition coefficient (Wildman–Crippen LogP) is 3.82. The number of fused-ring (bicyclic) bond motifs is 3. The van der Waals surface area contributed by atoms with Crippen molar-refractivity contribution >= 4 is 34.5 Å². The molecular formula is C22H18N2O3S. The summed E-state index contributed by atoms with van der Waals surface area (Å²) >= 11 is 1.49. The molecule has 1 amide bonds. The topological polar surface area (TPSA) is 59.0 Å². The van der Waals surface area contributed by atoms with E-state index in [0.29, 0.717) is 11.3 Å². The van der Waals surface area contributed by atoms with E-state index in [1.807, 2.05) is 23.1 Å². The van der Waals surface area contributed by atoms with Gasteiger partial charge in [0.1, 0.15) is 0 Å². The number of nitrogens with zero attached hydrogens (tertiary/aromatic N) is 2. The summed E-state index contributed by atoms with van der Waals surface area (Å²) in [5, 5.41) is 0.766. The van der Waals surface area contributed by atoms with Crippen LogP contribution >= 0.6 is 11.8 Å². The van der Waals surface area contributed by atoms with E-state index in [1.54, 1.807) is 12.1 Å². The molecule has 1 aliphatic carbocycles. The van der Waals surface area contributed by atoms with Crippen LogP contribution in [0.3, 0.4) is 0 Å². The number of methoxy groups -OCH3 is 1. The molecule has 0 radical (unpaired) electrons. The molecule has 1 fully saturated rings. The number of esters is 1. The van der Waals surface area contributed by atoms with Gasteiger partial charge < -0.3 is 4.74 Å². The van der Waals surface area contributed by atoms with Crippen LogP contribution in [0.5, 0.6) is 0 Å². The highest BCUT2D eigenvalue weighted by Gasteiger charge is 2.42. The van der Waals surface area contributed by atoms with E-state index in [9.17, 15) is 9.59 Å². The first-order valence-electron chi connectivity index (χ1n) is 9.20.